The van der Waals surface area contributed by atoms with Gasteiger partial charge >= 0.3 is 12.3 Å². The smallest absolute Gasteiger partial charge is 0.419 e. The molecule has 10 heteroatoms. The predicted octanol–water partition coefficient (Wildman–Crippen LogP) is 5.96. The Morgan fingerprint density at radius 2 is 2.06 bits per heavy atom. The molecule has 176 valence electrons. The molecule has 1 fully saturated rings. The van der Waals surface area contributed by atoms with Crippen LogP contribution >= 0.6 is 0 Å². The molecule has 32 heavy (non-hydrogen) atoms. The van der Waals surface area contributed by atoms with Crippen LogP contribution in [0.3, 0.4) is 0 Å². The zero-order valence-electron chi connectivity index (χ0n) is 18.0. The van der Waals surface area contributed by atoms with Crippen LogP contribution in [0.5, 0.6) is 5.75 Å². The number of halogens is 3. The molecule has 1 N–H and O–H groups in total. The highest BCUT2D eigenvalue weighted by molar-refractivity contribution is 5.65. The van der Waals surface area contributed by atoms with Gasteiger partial charge in [0, 0.05) is 18.7 Å². The van der Waals surface area contributed by atoms with E-state index in [9.17, 15) is 23.1 Å². The lowest BCUT2D eigenvalue weighted by Crippen LogP contribution is -2.38. The normalized spacial score (nSPS) is 16.9. The highest BCUT2D eigenvalue weighted by Gasteiger charge is 2.35. The van der Waals surface area contributed by atoms with Crippen LogP contribution in [-0.4, -0.2) is 45.9 Å². The van der Waals surface area contributed by atoms with E-state index in [0.717, 1.165) is 31.7 Å². The van der Waals surface area contributed by atoms with Gasteiger partial charge in [0.05, 0.1) is 18.1 Å². The van der Waals surface area contributed by atoms with Gasteiger partial charge in [-0.15, -0.1) is 0 Å². The Kier molecular flexibility index (Phi) is 7.98. The molecule has 1 amide bonds. The second-order valence-corrected chi connectivity index (χ2v) is 8.00. The lowest BCUT2D eigenvalue weighted by molar-refractivity contribution is -0.138. The van der Waals surface area contributed by atoms with Crippen molar-refractivity contribution in [2.45, 2.75) is 64.0 Å². The van der Waals surface area contributed by atoms with E-state index in [1.165, 1.54) is 17.0 Å². The maximum Gasteiger partial charge on any atom is 0.419 e. The van der Waals surface area contributed by atoms with Crippen molar-refractivity contribution < 1.29 is 32.3 Å². The number of unbranched alkanes of at least 4 members (excludes halogenated alkanes) is 4. The molecule has 0 saturated carbocycles. The molecule has 2 aromatic rings. The number of carboxylic acid groups (broad SMARTS) is 1. The van der Waals surface area contributed by atoms with Crippen LogP contribution in [0.25, 0.3) is 11.4 Å². The molecular weight excluding hydrogens is 427 g/mol. The molecule has 0 spiro atoms. The molecule has 0 radical (unpaired) electrons. The number of carbonyl (C=O) groups is 1. The quantitative estimate of drug-likeness (QED) is 0.469. The third kappa shape index (κ3) is 6.14. The molecule has 1 aromatic heterocycles. The summed E-state index contributed by atoms with van der Waals surface area (Å²) in [7, 11) is 0. The molecule has 1 aliphatic rings. The summed E-state index contributed by atoms with van der Waals surface area (Å²) in [5, 5.41) is 13.0. The third-order valence-corrected chi connectivity index (χ3v) is 5.53. The Balaban J connectivity index is 1.72. The summed E-state index contributed by atoms with van der Waals surface area (Å²) in [5.74, 6) is -0.237. The van der Waals surface area contributed by atoms with Gasteiger partial charge in [0.25, 0.3) is 0 Å². The van der Waals surface area contributed by atoms with E-state index < -0.39 is 17.8 Å². The lowest BCUT2D eigenvalue weighted by atomic mass is 9.98. The zero-order chi connectivity index (χ0) is 23.1. The largest absolute Gasteiger partial charge is 0.493 e. The van der Waals surface area contributed by atoms with E-state index in [4.69, 9.17) is 9.26 Å². The first-order valence-electron chi connectivity index (χ1n) is 11.0. The summed E-state index contributed by atoms with van der Waals surface area (Å²) < 4.78 is 51.6. The second kappa shape index (κ2) is 10.7. The first kappa shape index (κ1) is 23.9. The van der Waals surface area contributed by atoms with Crippen molar-refractivity contribution >= 4 is 6.09 Å². The zero-order valence-corrected chi connectivity index (χ0v) is 18.0. The number of piperidine rings is 1. The maximum absolute atomic E-state index is 13.6. The number of likely N-dealkylation sites (tertiary alicyclic amines) is 1. The van der Waals surface area contributed by atoms with Gasteiger partial charge in [0.1, 0.15) is 5.75 Å². The molecule has 1 saturated heterocycles. The van der Waals surface area contributed by atoms with E-state index in [-0.39, 0.29) is 42.1 Å². The van der Waals surface area contributed by atoms with Crippen molar-refractivity contribution in [1.29, 1.82) is 0 Å². The SMILES string of the molecule is CCCCCCCOc1ccc(-c2noc(C3CCCN(C(=O)O)C3)n2)cc1C(F)(F)F. The molecule has 2 heterocycles. The van der Waals surface area contributed by atoms with Crippen molar-refractivity contribution in [3.05, 3.63) is 29.7 Å². The molecule has 1 aliphatic heterocycles. The lowest BCUT2D eigenvalue weighted by Gasteiger charge is -2.28. The summed E-state index contributed by atoms with van der Waals surface area (Å²) in [4.78, 5) is 16.7. The first-order valence-corrected chi connectivity index (χ1v) is 11.0. The number of hydrogen-bond donors (Lipinski definition) is 1. The van der Waals surface area contributed by atoms with Gasteiger partial charge in [-0.05, 0) is 37.5 Å². The van der Waals surface area contributed by atoms with E-state index in [0.29, 0.717) is 25.8 Å². The van der Waals surface area contributed by atoms with Crippen LogP contribution in [0.4, 0.5) is 18.0 Å². The van der Waals surface area contributed by atoms with Gasteiger partial charge in [0.2, 0.25) is 11.7 Å². The number of nitrogens with zero attached hydrogens (tertiary/aromatic N) is 3. The second-order valence-electron chi connectivity index (χ2n) is 8.00. The molecule has 7 nitrogen and oxygen atoms in total. The van der Waals surface area contributed by atoms with Crippen LogP contribution in [0, 0.1) is 0 Å². The minimum absolute atomic E-state index is 0.0315. The van der Waals surface area contributed by atoms with E-state index in [2.05, 4.69) is 17.1 Å². The molecule has 1 atom stereocenters. The summed E-state index contributed by atoms with van der Waals surface area (Å²) in [6, 6.07) is 3.72. The Morgan fingerprint density at radius 1 is 1.28 bits per heavy atom. The number of amides is 1. The standard InChI is InChI=1S/C22H28F3N3O4/c1-2-3-4-5-6-12-31-18-10-9-15(13-17(18)22(23,24)25)19-26-20(32-27-19)16-8-7-11-28(14-16)21(29)30/h9-10,13,16H,2-8,11-12,14H2,1H3,(H,29,30). The summed E-state index contributed by atoms with van der Waals surface area (Å²) in [6.07, 6.45) is 0.553. The van der Waals surface area contributed by atoms with E-state index in [1.807, 2.05) is 0 Å². The number of ether oxygens (including phenoxy) is 1. The van der Waals surface area contributed by atoms with Crippen molar-refractivity contribution in [2.75, 3.05) is 19.7 Å². The maximum atomic E-state index is 13.6. The van der Waals surface area contributed by atoms with Gasteiger partial charge in [-0.1, -0.05) is 37.8 Å². The van der Waals surface area contributed by atoms with Crippen LogP contribution in [0.15, 0.2) is 22.7 Å². The van der Waals surface area contributed by atoms with Crippen molar-refractivity contribution in [3.8, 4) is 17.1 Å². The Morgan fingerprint density at radius 3 is 2.78 bits per heavy atom. The number of benzene rings is 1. The minimum Gasteiger partial charge on any atom is -0.493 e. The van der Waals surface area contributed by atoms with Crippen molar-refractivity contribution in [3.63, 3.8) is 0 Å². The number of hydrogen-bond acceptors (Lipinski definition) is 5. The van der Waals surface area contributed by atoms with E-state index in [1.54, 1.807) is 0 Å². The van der Waals surface area contributed by atoms with Crippen LogP contribution in [-0.2, 0) is 6.18 Å². The van der Waals surface area contributed by atoms with Gasteiger partial charge < -0.3 is 19.3 Å². The topological polar surface area (TPSA) is 88.7 Å². The average molecular weight is 455 g/mol. The summed E-state index contributed by atoms with van der Waals surface area (Å²) >= 11 is 0. The highest BCUT2D eigenvalue weighted by Crippen LogP contribution is 2.39. The van der Waals surface area contributed by atoms with Gasteiger partial charge in [-0.25, -0.2) is 4.79 Å². The average Bonchev–Trinajstić information content (AvgIpc) is 3.26. The molecule has 0 aliphatic carbocycles. The van der Waals surface area contributed by atoms with E-state index >= 15 is 0 Å². The van der Waals surface area contributed by atoms with Crippen LogP contribution in [0.1, 0.15) is 69.2 Å². The third-order valence-electron chi connectivity index (χ3n) is 5.53. The van der Waals surface area contributed by atoms with Crippen molar-refractivity contribution in [2.24, 2.45) is 0 Å². The fourth-order valence-corrected chi connectivity index (χ4v) is 3.77. The Hall–Kier alpha value is -2.78. The van der Waals surface area contributed by atoms with Crippen molar-refractivity contribution in [1.82, 2.24) is 15.0 Å². The van der Waals surface area contributed by atoms with Gasteiger partial charge in [-0.2, -0.15) is 18.2 Å². The van der Waals surface area contributed by atoms with Crippen LogP contribution < -0.4 is 4.74 Å². The highest BCUT2D eigenvalue weighted by atomic mass is 19.4. The first-order chi connectivity index (χ1) is 15.3. The monoisotopic (exact) mass is 455 g/mol. The fourth-order valence-electron chi connectivity index (χ4n) is 3.77. The molecule has 0 bridgehead atoms. The fraction of sp³-hybridized carbons (Fsp3) is 0.591. The molecule has 1 unspecified atom stereocenters. The number of aromatic nitrogens is 2. The summed E-state index contributed by atoms with van der Waals surface area (Å²) in [5.41, 5.74) is -0.724. The minimum atomic E-state index is -4.59. The molecular formula is C22H28F3N3O4. The Bertz CT molecular complexity index is 901. The van der Waals surface area contributed by atoms with Gasteiger partial charge in [0.15, 0.2) is 0 Å². The molecule has 3 rings (SSSR count). The van der Waals surface area contributed by atoms with Gasteiger partial charge in [-0.3, -0.25) is 0 Å². The Labute approximate surface area is 184 Å². The predicted molar refractivity (Wildman–Crippen MR) is 111 cm³/mol. The summed E-state index contributed by atoms with van der Waals surface area (Å²) in [6.45, 7) is 2.97. The number of alkyl halides is 3. The van der Waals surface area contributed by atoms with Crippen LogP contribution in [0.2, 0.25) is 0 Å². The molecule has 1 aromatic carbocycles. The number of rotatable bonds is 9.